The van der Waals surface area contributed by atoms with Gasteiger partial charge in [0.2, 0.25) is 0 Å². The zero-order valence-corrected chi connectivity index (χ0v) is 5.95. The summed E-state index contributed by atoms with van der Waals surface area (Å²) < 4.78 is 6.84. The molecule has 1 unspecified atom stereocenters. The largest absolute Gasteiger partial charge is 0.299 e. The molecule has 0 heterocycles. The lowest BCUT2D eigenvalue weighted by Gasteiger charge is -1.68. The first kappa shape index (κ1) is 3.75. The summed E-state index contributed by atoms with van der Waals surface area (Å²) in [6.45, 7) is 0. The van der Waals surface area contributed by atoms with Gasteiger partial charge < -0.3 is 0 Å². The molecule has 4 heteroatoms. The second kappa shape index (κ2) is 2.79. The highest BCUT2D eigenvalue weighted by Crippen LogP contribution is 2.05. The summed E-state index contributed by atoms with van der Waals surface area (Å²) in [5, 5.41) is 0. The molecule has 0 aliphatic heterocycles. The molecule has 0 aromatic heterocycles. The van der Waals surface area contributed by atoms with Crippen molar-refractivity contribution in [3.8, 4) is 0 Å². The first-order valence-corrected chi connectivity index (χ1v) is 3.10. The summed E-state index contributed by atoms with van der Waals surface area (Å²) in [5.74, 6) is 0. The van der Waals surface area contributed by atoms with Gasteiger partial charge in [0.1, 0.15) is 0 Å². The van der Waals surface area contributed by atoms with E-state index >= 15 is 0 Å². The Balaban J connectivity index is 2.54. The lowest BCUT2D eigenvalue weighted by Crippen LogP contribution is -1.62. The minimum atomic E-state index is 0.215. The van der Waals surface area contributed by atoms with Gasteiger partial charge in [-0.1, -0.05) is 0 Å². The highest BCUT2D eigenvalue weighted by Gasteiger charge is 1.82. The molecule has 0 rings (SSSR count). The standard InChI is InChI=1S/BH3IPS/c2-1(3)4/h4H,3H2/i3D. The molecule has 0 bridgehead atoms. The van der Waals surface area contributed by atoms with E-state index in [1.165, 1.54) is 0 Å². The van der Waals surface area contributed by atoms with Gasteiger partial charge in [-0.2, -0.15) is 0 Å². The molecule has 0 aliphatic carbocycles. The highest BCUT2D eigenvalue weighted by atomic mass is 127. The van der Waals surface area contributed by atoms with Crippen molar-refractivity contribution in [2.45, 2.75) is 0 Å². The lowest BCUT2D eigenvalue weighted by molar-refractivity contribution is 4.81. The van der Waals surface area contributed by atoms with E-state index in [0.29, 0.717) is 0 Å². The summed E-state index contributed by atoms with van der Waals surface area (Å²) in [6, 6.07) is 0. The molecular formula is H3BIPS. The molecule has 0 fully saturated rings. The van der Waals surface area contributed by atoms with Crippen molar-refractivity contribution >= 4 is 47.5 Å². The Kier molecular flexibility index (Phi) is 2.62. The van der Waals surface area contributed by atoms with Gasteiger partial charge in [-0.05, 0) is 0 Å². The Bertz CT molecular complexity index is 25.6. The van der Waals surface area contributed by atoms with E-state index in [-0.39, 0.29) is 12.6 Å². The van der Waals surface area contributed by atoms with Gasteiger partial charge in [0.25, 0.3) is 3.57 Å². The fraction of sp³-hybridized carbons (Fsp3) is 0. The quantitative estimate of drug-likeness (QED) is 0.282. The summed E-state index contributed by atoms with van der Waals surface area (Å²) in [5.41, 5.74) is 0. The van der Waals surface area contributed by atoms with E-state index in [9.17, 15) is 0 Å². The summed E-state index contributed by atoms with van der Waals surface area (Å²) in [6.07, 6.45) is 0. The lowest BCUT2D eigenvalue weighted by atomic mass is 10.7. The maximum Gasteiger partial charge on any atom is 0.299 e. The monoisotopic (exact) mass is 205 g/mol. The minimum Gasteiger partial charge on any atom is -0.209 e. The Labute approximate surface area is 48.8 Å². The molecule has 1 atom stereocenters. The van der Waals surface area contributed by atoms with Crippen molar-refractivity contribution in [2.24, 2.45) is 0 Å². The Hall–Kier alpha value is 1.57. The number of rotatable bonds is 1. The Morgan fingerprint density at radius 3 is 2.75 bits per heavy atom. The van der Waals surface area contributed by atoms with Crippen molar-refractivity contribution in [2.75, 3.05) is 0 Å². The Morgan fingerprint density at radius 1 is 2.50 bits per heavy atom. The van der Waals surface area contributed by atoms with Crippen LogP contribution in [0.1, 0.15) is 0 Å². The van der Waals surface area contributed by atoms with Gasteiger partial charge in [-0.15, -0.1) is 31.4 Å². The second-order valence-corrected chi connectivity index (χ2v) is 5.32. The van der Waals surface area contributed by atoms with Crippen LogP contribution in [-0.2, 0) is 0 Å². The molecule has 0 spiro atoms. The number of thiol groups is 1. The van der Waals surface area contributed by atoms with E-state index in [4.69, 9.17) is 1.28 Å². The second-order valence-electron chi connectivity index (χ2n) is 0.336. The van der Waals surface area contributed by atoms with Crippen LogP contribution in [0.25, 0.3) is 0 Å². The van der Waals surface area contributed by atoms with Crippen LogP contribution in [0, 0.1) is 0 Å². The molecule has 0 saturated heterocycles. The molecule has 0 radical (unpaired) electrons. The van der Waals surface area contributed by atoms with Crippen LogP contribution in [-0.4, -0.2) is 4.85 Å². The fourth-order valence-corrected chi connectivity index (χ4v) is 0. The topological polar surface area (TPSA) is 0 Å². The average molecular weight is 205 g/mol. The third-order valence-electron chi connectivity index (χ3n) is 0. The molecule has 0 N–H and O–H groups in total. The first-order valence-electron chi connectivity index (χ1n) is 1.27. The maximum atomic E-state index is 6.60. The van der Waals surface area contributed by atoms with Crippen LogP contribution in [0.3, 0.4) is 0 Å². The normalized spacial score (nSPS) is 13.0. The molecule has 0 aliphatic rings. The minimum absolute atomic E-state index is 0.215. The van der Waals surface area contributed by atoms with Crippen LogP contribution in [0.4, 0.5) is 0 Å². The number of hydrogen-bond acceptors (Lipinski definition) is 1. The van der Waals surface area contributed by atoms with Gasteiger partial charge in [0, 0.05) is 1.28 Å². The van der Waals surface area contributed by atoms with Gasteiger partial charge in [0.15, 0.2) is 0 Å². The zero-order chi connectivity index (χ0) is 4.28. The maximum absolute atomic E-state index is 6.60. The highest BCUT2D eigenvalue weighted by molar-refractivity contribution is 14.1. The number of halogens is 1. The van der Waals surface area contributed by atoms with Crippen molar-refractivity contribution in [1.82, 2.24) is 0 Å². The van der Waals surface area contributed by atoms with E-state index in [1.54, 1.807) is 0 Å². The van der Waals surface area contributed by atoms with Crippen LogP contribution < -0.4 is 0 Å². The average Bonchev–Trinajstić information content (AvgIpc) is 1.38. The molecule has 24 valence electrons. The van der Waals surface area contributed by atoms with E-state index in [2.05, 4.69) is 34.9 Å². The van der Waals surface area contributed by atoms with Crippen LogP contribution in [0.2, 0.25) is 0 Å². The van der Waals surface area contributed by atoms with Crippen molar-refractivity contribution in [3.63, 3.8) is 0 Å². The number of hydrogen-bond donors (Lipinski definition) is 1. The van der Waals surface area contributed by atoms with Crippen molar-refractivity contribution in [1.29, 1.82) is 1.28 Å². The van der Waals surface area contributed by atoms with Crippen LogP contribution in [0.5, 0.6) is 0 Å². The van der Waals surface area contributed by atoms with Crippen LogP contribution >= 0.6 is 43.9 Å². The third kappa shape index (κ3) is 9.56. The molecule has 0 aromatic carbocycles. The molecule has 4 heavy (non-hydrogen) atoms. The first-order chi connectivity index (χ1) is 2.27. The molecule has 0 saturated carbocycles. The van der Waals surface area contributed by atoms with E-state index in [0.717, 1.165) is 0 Å². The molecule has 0 nitrogen and oxygen atoms in total. The molecular weight excluding hydrogens is 201 g/mol. The predicted octanol–water partition coefficient (Wildman–Crippen LogP) is 1.21. The summed E-state index contributed by atoms with van der Waals surface area (Å²) in [7, 11) is 0.215. The molecule has 0 amide bonds. The SMILES string of the molecule is [2H]PB(S)I. The van der Waals surface area contributed by atoms with E-state index in [1.807, 2.05) is 0 Å². The molecule has 0 aromatic rings. The van der Waals surface area contributed by atoms with E-state index < -0.39 is 0 Å². The summed E-state index contributed by atoms with van der Waals surface area (Å²) in [4.78, 5) is 0. The van der Waals surface area contributed by atoms with Crippen molar-refractivity contribution in [3.05, 3.63) is 0 Å². The fourth-order valence-electron chi connectivity index (χ4n) is 0. The predicted molar refractivity (Wildman–Crippen MR) is 38.5 cm³/mol. The third-order valence-corrected chi connectivity index (χ3v) is 0. The Morgan fingerprint density at radius 2 is 2.75 bits per heavy atom. The smallest absolute Gasteiger partial charge is 0.209 e. The van der Waals surface area contributed by atoms with Gasteiger partial charge in [-0.3, -0.25) is 0 Å². The zero-order valence-electron chi connectivity index (χ0n) is 2.90. The van der Waals surface area contributed by atoms with Gasteiger partial charge in [0.05, 0.1) is 0 Å². The summed E-state index contributed by atoms with van der Waals surface area (Å²) >= 11 is 6.00. The van der Waals surface area contributed by atoms with Gasteiger partial charge >= 0.3 is 0 Å². The van der Waals surface area contributed by atoms with Crippen molar-refractivity contribution < 1.29 is 0 Å². The van der Waals surface area contributed by atoms with Crippen LogP contribution in [0.15, 0.2) is 0 Å². The van der Waals surface area contributed by atoms with Gasteiger partial charge in [-0.25, -0.2) is 12.5 Å².